The molecule has 6 rings (SSSR count). The number of nitrogens with zero attached hydrogens (tertiary/aromatic N) is 3. The van der Waals surface area contributed by atoms with Crippen LogP contribution in [-0.4, -0.2) is 42.4 Å². The van der Waals surface area contributed by atoms with Crippen LogP contribution in [0.4, 0.5) is 5.13 Å². The maximum absolute atomic E-state index is 6.08. The van der Waals surface area contributed by atoms with Crippen LogP contribution < -0.4 is 9.64 Å². The first-order valence-electron chi connectivity index (χ1n) is 12.0. The highest BCUT2D eigenvalue weighted by Gasteiger charge is 2.25. The number of aromatic nitrogens is 2. The van der Waals surface area contributed by atoms with Gasteiger partial charge in [0.2, 0.25) is 5.89 Å². The Hall–Kier alpha value is -3.20. The van der Waals surface area contributed by atoms with Crippen LogP contribution in [0.5, 0.6) is 5.75 Å². The van der Waals surface area contributed by atoms with E-state index in [1.807, 2.05) is 66.9 Å². The zero-order valence-corrected chi connectivity index (χ0v) is 20.2. The molecule has 2 aromatic heterocycles. The lowest BCUT2D eigenvalue weighted by atomic mass is 10.1. The van der Waals surface area contributed by atoms with Crippen molar-refractivity contribution >= 4 is 39.7 Å². The summed E-state index contributed by atoms with van der Waals surface area (Å²) in [6, 6.07) is 15.6. The quantitative estimate of drug-likeness (QED) is 0.332. The average molecular weight is 490 g/mol. The number of hydrogen-bond donors (Lipinski definition) is 0. The molecule has 4 aromatic rings. The molecule has 0 radical (unpaired) electrons. The van der Waals surface area contributed by atoms with Gasteiger partial charge in [-0.05, 0) is 37.5 Å². The van der Waals surface area contributed by atoms with Crippen molar-refractivity contribution in [3.8, 4) is 5.75 Å². The molecule has 35 heavy (non-hydrogen) atoms. The summed E-state index contributed by atoms with van der Waals surface area (Å²) in [5.74, 6) is 1.26. The summed E-state index contributed by atoms with van der Waals surface area (Å²) in [6.07, 6.45) is 9.08. The second kappa shape index (κ2) is 10.2. The molecule has 180 valence electrons. The first kappa shape index (κ1) is 22.3. The number of piperidine rings is 1. The molecule has 2 aliphatic rings. The van der Waals surface area contributed by atoms with Crippen molar-refractivity contribution in [2.75, 3.05) is 31.2 Å². The third-order valence-corrected chi connectivity index (χ3v) is 7.17. The third-order valence-electron chi connectivity index (χ3n) is 6.15. The van der Waals surface area contributed by atoms with E-state index in [0.29, 0.717) is 30.4 Å². The minimum Gasteiger partial charge on any atom is -0.485 e. The second-order valence-corrected chi connectivity index (χ2v) is 9.80. The Balaban J connectivity index is 1.07. The average Bonchev–Trinajstić information content (AvgIpc) is 3.56. The van der Waals surface area contributed by atoms with Crippen LogP contribution in [0.25, 0.3) is 23.3 Å². The Morgan fingerprint density at radius 2 is 1.80 bits per heavy atom. The van der Waals surface area contributed by atoms with Crippen molar-refractivity contribution in [1.82, 2.24) is 9.97 Å². The normalized spacial score (nSPS) is 21.1. The maximum atomic E-state index is 6.08. The van der Waals surface area contributed by atoms with Crippen molar-refractivity contribution in [2.24, 2.45) is 0 Å². The Kier molecular flexibility index (Phi) is 6.49. The molecule has 4 heterocycles. The summed E-state index contributed by atoms with van der Waals surface area (Å²) >= 11 is 1.70. The van der Waals surface area contributed by atoms with E-state index >= 15 is 0 Å². The van der Waals surface area contributed by atoms with E-state index in [0.717, 1.165) is 34.2 Å². The van der Waals surface area contributed by atoms with Crippen molar-refractivity contribution in [2.45, 2.75) is 31.7 Å². The molecule has 0 unspecified atom stereocenters. The summed E-state index contributed by atoms with van der Waals surface area (Å²) in [7, 11) is 0. The van der Waals surface area contributed by atoms with Gasteiger partial charge >= 0.3 is 0 Å². The highest BCUT2D eigenvalue weighted by molar-refractivity contribution is 7.16. The topological polar surface area (TPSA) is 69.9 Å². The van der Waals surface area contributed by atoms with Gasteiger partial charge in [0.25, 0.3) is 0 Å². The predicted molar refractivity (Wildman–Crippen MR) is 137 cm³/mol. The van der Waals surface area contributed by atoms with Gasteiger partial charge in [-0.2, -0.15) is 0 Å². The number of rotatable bonds is 6. The predicted octanol–water partition coefficient (Wildman–Crippen LogP) is 5.94. The van der Waals surface area contributed by atoms with Gasteiger partial charge < -0.3 is 23.5 Å². The lowest BCUT2D eigenvalue weighted by Gasteiger charge is -2.29. The molecule has 2 aliphatic heterocycles. The lowest BCUT2D eigenvalue weighted by Crippen LogP contribution is -2.35. The minimum atomic E-state index is -0.350. The molecule has 7 nitrogen and oxygen atoms in total. The molecule has 2 aromatic carbocycles. The van der Waals surface area contributed by atoms with Crippen LogP contribution >= 0.6 is 11.3 Å². The SMILES string of the molecule is C(=C\c1cnc(N2CCCCC2)s1)/c1nc2ccc(O[C@H]3CO[C@H](c4ccccc4)OC3)cc2o1. The summed E-state index contributed by atoms with van der Waals surface area (Å²) in [6.45, 7) is 3.10. The van der Waals surface area contributed by atoms with Gasteiger partial charge in [-0.15, -0.1) is 0 Å². The van der Waals surface area contributed by atoms with E-state index in [4.69, 9.17) is 18.6 Å². The summed E-state index contributed by atoms with van der Waals surface area (Å²) in [5, 5.41) is 1.09. The van der Waals surface area contributed by atoms with Crippen LogP contribution in [0.3, 0.4) is 0 Å². The molecule has 0 saturated carbocycles. The molecule has 2 saturated heterocycles. The fraction of sp³-hybridized carbons (Fsp3) is 0.333. The van der Waals surface area contributed by atoms with Gasteiger partial charge in [-0.3, -0.25) is 0 Å². The van der Waals surface area contributed by atoms with Crippen molar-refractivity contribution < 1.29 is 18.6 Å². The van der Waals surface area contributed by atoms with E-state index in [9.17, 15) is 0 Å². The Morgan fingerprint density at radius 1 is 0.971 bits per heavy atom. The zero-order valence-electron chi connectivity index (χ0n) is 19.3. The molecule has 0 N–H and O–H groups in total. The Bertz CT molecular complexity index is 1290. The molecule has 0 spiro atoms. The number of benzene rings is 2. The summed E-state index contributed by atoms with van der Waals surface area (Å²) in [4.78, 5) is 12.6. The van der Waals surface area contributed by atoms with Crippen LogP contribution in [0.1, 0.15) is 41.9 Å². The van der Waals surface area contributed by atoms with Gasteiger partial charge in [-0.25, -0.2) is 9.97 Å². The number of hydrogen-bond acceptors (Lipinski definition) is 8. The van der Waals surface area contributed by atoms with E-state index in [1.54, 1.807) is 11.3 Å². The van der Waals surface area contributed by atoms with Gasteiger partial charge in [-0.1, -0.05) is 41.7 Å². The lowest BCUT2D eigenvalue weighted by molar-refractivity contribution is -0.215. The van der Waals surface area contributed by atoms with Crippen LogP contribution in [-0.2, 0) is 9.47 Å². The number of thiazole rings is 1. The van der Waals surface area contributed by atoms with E-state index in [2.05, 4.69) is 14.9 Å². The summed E-state index contributed by atoms with van der Waals surface area (Å²) < 4.78 is 23.7. The van der Waals surface area contributed by atoms with Crippen LogP contribution in [0.2, 0.25) is 0 Å². The van der Waals surface area contributed by atoms with Gasteiger partial charge in [0.05, 0.1) is 13.2 Å². The first-order chi connectivity index (χ1) is 17.3. The maximum Gasteiger partial charge on any atom is 0.220 e. The molecular weight excluding hydrogens is 462 g/mol. The van der Waals surface area contributed by atoms with Gasteiger partial charge in [0, 0.05) is 41.9 Å². The molecule has 8 heteroatoms. The molecule has 0 bridgehead atoms. The van der Waals surface area contributed by atoms with E-state index in [-0.39, 0.29) is 12.4 Å². The molecule has 0 aliphatic carbocycles. The first-order valence-corrected chi connectivity index (χ1v) is 12.9. The highest BCUT2D eigenvalue weighted by Crippen LogP contribution is 2.29. The Morgan fingerprint density at radius 3 is 2.63 bits per heavy atom. The van der Waals surface area contributed by atoms with Crippen LogP contribution in [0.15, 0.2) is 59.1 Å². The third kappa shape index (κ3) is 5.24. The van der Waals surface area contributed by atoms with Crippen molar-refractivity contribution in [3.63, 3.8) is 0 Å². The van der Waals surface area contributed by atoms with Gasteiger partial charge in [0.1, 0.15) is 17.4 Å². The fourth-order valence-corrected chi connectivity index (χ4v) is 5.22. The number of fused-ring (bicyclic) bond motifs is 1. The fourth-order valence-electron chi connectivity index (χ4n) is 4.35. The smallest absolute Gasteiger partial charge is 0.220 e. The molecule has 2 fully saturated rings. The Labute approximate surface area is 208 Å². The number of ether oxygens (including phenoxy) is 3. The van der Waals surface area contributed by atoms with Crippen LogP contribution in [0, 0.1) is 0 Å². The number of oxazole rings is 1. The van der Waals surface area contributed by atoms with Gasteiger partial charge in [0.15, 0.2) is 17.0 Å². The van der Waals surface area contributed by atoms with Crippen molar-refractivity contribution in [3.05, 3.63) is 71.1 Å². The van der Waals surface area contributed by atoms with E-state index in [1.165, 1.54) is 19.3 Å². The summed E-state index contributed by atoms with van der Waals surface area (Å²) in [5.41, 5.74) is 2.48. The monoisotopic (exact) mass is 489 g/mol. The highest BCUT2D eigenvalue weighted by atomic mass is 32.1. The zero-order chi connectivity index (χ0) is 23.5. The molecule has 0 amide bonds. The van der Waals surface area contributed by atoms with E-state index < -0.39 is 0 Å². The molecular formula is C27H27N3O4S. The minimum absolute atomic E-state index is 0.185. The number of anilines is 1. The second-order valence-electron chi connectivity index (χ2n) is 8.76. The standard InChI is InChI=1S/C27H27N3O4S/c1-3-7-19(8-4-1)26-31-17-21(18-32-26)33-20-9-11-23-24(15-20)34-25(29-23)12-10-22-16-28-27(35-22)30-13-5-2-6-14-30/h1,3-4,7-12,15-16,21,26H,2,5-6,13-14,17-18H2/b12-10+/t21-,26-. The molecule has 0 atom stereocenters. The largest absolute Gasteiger partial charge is 0.485 e. The van der Waals surface area contributed by atoms with Crippen molar-refractivity contribution in [1.29, 1.82) is 0 Å².